The SMILES string of the molecule is COC1CC2(CCN(F)CC2)C1. The van der Waals surface area contributed by atoms with Crippen LogP contribution in [0, 0.1) is 5.41 Å². The van der Waals surface area contributed by atoms with Crippen LogP contribution in [0.25, 0.3) is 0 Å². The van der Waals surface area contributed by atoms with E-state index in [1.807, 2.05) is 0 Å². The molecule has 2 nitrogen and oxygen atoms in total. The van der Waals surface area contributed by atoms with Crippen LogP contribution in [0.15, 0.2) is 0 Å². The Bertz CT molecular complexity index is 150. The van der Waals surface area contributed by atoms with E-state index < -0.39 is 0 Å². The average molecular weight is 173 g/mol. The molecular weight excluding hydrogens is 157 g/mol. The summed E-state index contributed by atoms with van der Waals surface area (Å²) in [4.78, 5) is 0. The van der Waals surface area contributed by atoms with E-state index in [1.54, 1.807) is 7.11 Å². The summed E-state index contributed by atoms with van der Waals surface area (Å²) >= 11 is 0. The van der Waals surface area contributed by atoms with Gasteiger partial charge in [0.05, 0.1) is 6.10 Å². The normalized spacial score (nSPS) is 30.5. The number of hydrogen-bond acceptors (Lipinski definition) is 2. The summed E-state index contributed by atoms with van der Waals surface area (Å²) in [5.41, 5.74) is 0.448. The minimum absolute atomic E-state index is 0.448. The van der Waals surface area contributed by atoms with E-state index in [1.165, 1.54) is 0 Å². The molecule has 0 aromatic rings. The third kappa shape index (κ3) is 1.36. The van der Waals surface area contributed by atoms with Crippen LogP contribution in [-0.4, -0.2) is 31.4 Å². The van der Waals surface area contributed by atoms with Crippen LogP contribution in [0.5, 0.6) is 0 Å². The van der Waals surface area contributed by atoms with Crippen LogP contribution in [0.1, 0.15) is 25.7 Å². The third-order valence-electron chi connectivity index (χ3n) is 3.42. The quantitative estimate of drug-likeness (QED) is 0.560. The monoisotopic (exact) mass is 173 g/mol. The predicted octanol–water partition coefficient (Wildman–Crippen LogP) is 1.76. The summed E-state index contributed by atoms with van der Waals surface area (Å²) in [6, 6.07) is 0. The fourth-order valence-electron chi connectivity index (χ4n) is 2.43. The molecule has 1 heterocycles. The Morgan fingerprint density at radius 3 is 2.42 bits per heavy atom. The van der Waals surface area contributed by atoms with Crippen molar-refractivity contribution >= 4 is 0 Å². The van der Waals surface area contributed by atoms with E-state index in [0.717, 1.165) is 30.8 Å². The maximum atomic E-state index is 12.7. The van der Waals surface area contributed by atoms with E-state index in [9.17, 15) is 4.48 Å². The second-order valence-electron chi connectivity index (χ2n) is 4.18. The van der Waals surface area contributed by atoms with Gasteiger partial charge in [-0.05, 0) is 31.1 Å². The standard InChI is InChI=1S/C9H16FNO/c1-12-8-6-9(7-8)2-4-11(10)5-3-9/h8H,2-7H2,1H3. The smallest absolute Gasteiger partial charge is 0.0582 e. The zero-order chi connectivity index (χ0) is 8.60. The third-order valence-corrected chi connectivity index (χ3v) is 3.42. The Kier molecular flexibility index (Phi) is 2.09. The van der Waals surface area contributed by atoms with Crippen molar-refractivity contribution in [3.8, 4) is 0 Å². The average Bonchev–Trinajstić information content (AvgIpc) is 2.02. The fraction of sp³-hybridized carbons (Fsp3) is 1.00. The van der Waals surface area contributed by atoms with Gasteiger partial charge in [0, 0.05) is 20.2 Å². The summed E-state index contributed by atoms with van der Waals surface area (Å²) in [5.74, 6) is 0. The van der Waals surface area contributed by atoms with Crippen LogP contribution in [-0.2, 0) is 4.74 Å². The molecule has 1 saturated heterocycles. The van der Waals surface area contributed by atoms with E-state index in [4.69, 9.17) is 4.74 Å². The lowest BCUT2D eigenvalue weighted by molar-refractivity contribution is -0.118. The minimum atomic E-state index is 0.448. The van der Waals surface area contributed by atoms with Gasteiger partial charge < -0.3 is 4.74 Å². The number of piperidine rings is 1. The molecule has 1 aliphatic carbocycles. The number of nitrogens with zero attached hydrogens (tertiary/aromatic N) is 1. The van der Waals surface area contributed by atoms with E-state index in [-0.39, 0.29) is 0 Å². The lowest BCUT2D eigenvalue weighted by Crippen LogP contribution is -2.48. The maximum Gasteiger partial charge on any atom is 0.0582 e. The largest absolute Gasteiger partial charge is 0.381 e. The molecular formula is C9H16FNO. The zero-order valence-electron chi connectivity index (χ0n) is 7.55. The molecule has 3 heteroatoms. The molecule has 0 unspecified atom stereocenters. The van der Waals surface area contributed by atoms with Gasteiger partial charge in [0.1, 0.15) is 0 Å². The topological polar surface area (TPSA) is 12.5 Å². The highest BCUT2D eigenvalue weighted by atomic mass is 19.2. The van der Waals surface area contributed by atoms with Crippen molar-refractivity contribution in [3.63, 3.8) is 0 Å². The molecule has 1 saturated carbocycles. The first-order chi connectivity index (χ1) is 5.74. The van der Waals surface area contributed by atoms with Crippen molar-refractivity contribution in [2.24, 2.45) is 5.41 Å². The Morgan fingerprint density at radius 2 is 1.92 bits per heavy atom. The van der Waals surface area contributed by atoms with E-state index in [2.05, 4.69) is 0 Å². The Labute approximate surface area is 72.6 Å². The van der Waals surface area contributed by atoms with Gasteiger partial charge in [-0.15, -0.1) is 9.60 Å². The lowest BCUT2D eigenvalue weighted by Gasteiger charge is -2.50. The first kappa shape index (κ1) is 8.45. The van der Waals surface area contributed by atoms with Crippen LogP contribution in [0.4, 0.5) is 4.48 Å². The molecule has 12 heavy (non-hydrogen) atoms. The number of ether oxygens (including phenoxy) is 1. The highest BCUT2D eigenvalue weighted by Crippen LogP contribution is 2.50. The van der Waals surface area contributed by atoms with Gasteiger partial charge in [-0.2, -0.15) is 0 Å². The van der Waals surface area contributed by atoms with E-state index in [0.29, 0.717) is 24.6 Å². The number of methoxy groups -OCH3 is 1. The van der Waals surface area contributed by atoms with Crippen molar-refractivity contribution < 1.29 is 9.22 Å². The second-order valence-corrected chi connectivity index (χ2v) is 4.18. The minimum Gasteiger partial charge on any atom is -0.381 e. The van der Waals surface area contributed by atoms with Crippen LogP contribution >= 0.6 is 0 Å². The van der Waals surface area contributed by atoms with Gasteiger partial charge in [0.15, 0.2) is 0 Å². The van der Waals surface area contributed by atoms with Gasteiger partial charge in [-0.25, -0.2) is 0 Å². The molecule has 0 N–H and O–H groups in total. The molecule has 0 amide bonds. The summed E-state index contributed by atoms with van der Waals surface area (Å²) in [5, 5.41) is 0.936. The highest BCUT2D eigenvalue weighted by Gasteiger charge is 2.45. The molecule has 0 aromatic heterocycles. The number of rotatable bonds is 1. The Morgan fingerprint density at radius 1 is 1.33 bits per heavy atom. The van der Waals surface area contributed by atoms with Crippen molar-refractivity contribution in [3.05, 3.63) is 0 Å². The molecule has 0 radical (unpaired) electrons. The molecule has 1 aliphatic heterocycles. The molecule has 0 aromatic carbocycles. The first-order valence-electron chi connectivity index (χ1n) is 4.68. The first-order valence-corrected chi connectivity index (χ1v) is 4.68. The van der Waals surface area contributed by atoms with Crippen LogP contribution < -0.4 is 0 Å². The van der Waals surface area contributed by atoms with Crippen LogP contribution in [0.2, 0.25) is 0 Å². The van der Waals surface area contributed by atoms with Crippen molar-refractivity contribution in [2.45, 2.75) is 31.8 Å². The molecule has 1 spiro atoms. The molecule has 2 aliphatic rings. The molecule has 2 rings (SSSR count). The number of halogens is 1. The van der Waals surface area contributed by atoms with Gasteiger partial charge in [0.25, 0.3) is 0 Å². The Hall–Kier alpha value is -0.150. The highest BCUT2D eigenvalue weighted by molar-refractivity contribution is 4.96. The van der Waals surface area contributed by atoms with Gasteiger partial charge in [-0.1, -0.05) is 0 Å². The summed E-state index contributed by atoms with van der Waals surface area (Å²) in [6.07, 6.45) is 4.79. The van der Waals surface area contributed by atoms with E-state index >= 15 is 0 Å². The van der Waals surface area contributed by atoms with Crippen molar-refractivity contribution in [2.75, 3.05) is 20.2 Å². The summed E-state index contributed by atoms with van der Waals surface area (Å²) in [6.45, 7) is 1.24. The fourth-order valence-corrected chi connectivity index (χ4v) is 2.43. The molecule has 2 fully saturated rings. The zero-order valence-corrected chi connectivity index (χ0v) is 7.55. The summed E-state index contributed by atoms with van der Waals surface area (Å²) in [7, 11) is 1.77. The van der Waals surface area contributed by atoms with Crippen molar-refractivity contribution in [1.82, 2.24) is 5.12 Å². The second kappa shape index (κ2) is 2.96. The predicted molar refractivity (Wildman–Crippen MR) is 44.4 cm³/mol. The molecule has 0 atom stereocenters. The maximum absolute atomic E-state index is 12.7. The van der Waals surface area contributed by atoms with Crippen molar-refractivity contribution in [1.29, 1.82) is 0 Å². The number of hydrogen-bond donors (Lipinski definition) is 0. The molecule has 70 valence electrons. The van der Waals surface area contributed by atoms with Gasteiger partial charge >= 0.3 is 0 Å². The molecule has 0 bridgehead atoms. The summed E-state index contributed by atoms with van der Waals surface area (Å²) < 4.78 is 17.9. The van der Waals surface area contributed by atoms with Crippen LogP contribution in [0.3, 0.4) is 0 Å². The van der Waals surface area contributed by atoms with Gasteiger partial charge in [0.2, 0.25) is 0 Å². The Balaban J connectivity index is 1.83. The lowest BCUT2D eigenvalue weighted by atomic mass is 9.62. The van der Waals surface area contributed by atoms with Gasteiger partial charge in [-0.3, -0.25) is 0 Å².